The van der Waals surface area contributed by atoms with Gasteiger partial charge < -0.3 is 0 Å². The molecule has 0 aromatic carbocycles. The van der Waals surface area contributed by atoms with Crippen molar-refractivity contribution in [3.8, 4) is 6.07 Å². The third-order valence-corrected chi connectivity index (χ3v) is 2.77. The fraction of sp³-hybridized carbons (Fsp3) is 0.286. The average Bonchev–Trinajstić information content (AvgIpc) is 2.34. The molecule has 0 spiro atoms. The van der Waals surface area contributed by atoms with E-state index < -0.39 is 0 Å². The minimum atomic E-state index is -0.0764. The van der Waals surface area contributed by atoms with Crippen molar-refractivity contribution in [2.45, 2.75) is 12.8 Å². The first-order valence-corrected chi connectivity index (χ1v) is 4.14. The van der Waals surface area contributed by atoms with Crippen molar-refractivity contribution in [3.63, 3.8) is 0 Å². The highest BCUT2D eigenvalue weighted by molar-refractivity contribution is 7.10. The Hall–Kier alpha value is -0.520. The van der Waals surface area contributed by atoms with Gasteiger partial charge in [0.15, 0.2) is 0 Å². The summed E-state index contributed by atoms with van der Waals surface area (Å²) in [5, 5.41) is 11.1. The first-order chi connectivity index (χ1) is 4.75. The molecule has 3 heteroatoms. The summed E-state index contributed by atoms with van der Waals surface area (Å²) in [7, 11) is 0. The van der Waals surface area contributed by atoms with E-state index in [1.54, 1.807) is 0 Å². The molecule has 10 heavy (non-hydrogen) atoms. The van der Waals surface area contributed by atoms with Crippen LogP contribution in [0.25, 0.3) is 0 Å². The largest absolute Gasteiger partial charge is 0.198 e. The molecule has 0 radical (unpaired) electrons. The van der Waals surface area contributed by atoms with Crippen LogP contribution in [0.4, 0.5) is 0 Å². The standard InChI is InChI=1S/C7H6ClNS/c1-5(4-9)7-6(8)2-3-10-7/h2-3,5H,1H3. The maximum atomic E-state index is 8.53. The molecule has 0 N–H and O–H groups in total. The summed E-state index contributed by atoms with van der Waals surface area (Å²) in [4.78, 5) is 0.962. The fourth-order valence-corrected chi connectivity index (χ4v) is 1.90. The van der Waals surface area contributed by atoms with Gasteiger partial charge in [0.25, 0.3) is 0 Å². The predicted octanol–water partition coefficient (Wildman–Crippen LogP) is 3.03. The molecule has 1 heterocycles. The minimum absolute atomic E-state index is 0.0764. The Morgan fingerprint density at radius 2 is 2.50 bits per heavy atom. The molecular formula is C7H6ClNS. The Kier molecular flexibility index (Phi) is 2.31. The van der Waals surface area contributed by atoms with Gasteiger partial charge in [0.05, 0.1) is 17.0 Å². The monoisotopic (exact) mass is 171 g/mol. The summed E-state index contributed by atoms with van der Waals surface area (Å²) >= 11 is 7.30. The second kappa shape index (κ2) is 3.05. The van der Waals surface area contributed by atoms with Crippen molar-refractivity contribution in [1.29, 1.82) is 5.26 Å². The number of nitriles is 1. The SMILES string of the molecule is CC(C#N)c1sccc1Cl. The van der Waals surface area contributed by atoms with Crippen LogP contribution in [0.1, 0.15) is 17.7 Å². The molecule has 0 aliphatic heterocycles. The first kappa shape index (κ1) is 7.59. The quantitative estimate of drug-likeness (QED) is 0.637. The predicted molar refractivity (Wildman–Crippen MR) is 43.4 cm³/mol. The molecule has 1 nitrogen and oxygen atoms in total. The topological polar surface area (TPSA) is 23.8 Å². The van der Waals surface area contributed by atoms with Crippen LogP contribution in [0.5, 0.6) is 0 Å². The van der Waals surface area contributed by atoms with E-state index in [9.17, 15) is 0 Å². The van der Waals surface area contributed by atoms with Crippen molar-refractivity contribution >= 4 is 22.9 Å². The van der Waals surface area contributed by atoms with Crippen molar-refractivity contribution in [2.24, 2.45) is 0 Å². The van der Waals surface area contributed by atoms with Crippen molar-refractivity contribution < 1.29 is 0 Å². The molecule has 1 atom stereocenters. The number of hydrogen-bond acceptors (Lipinski definition) is 2. The van der Waals surface area contributed by atoms with E-state index in [0.717, 1.165) is 4.88 Å². The first-order valence-electron chi connectivity index (χ1n) is 2.88. The number of rotatable bonds is 1. The van der Waals surface area contributed by atoms with Crippen LogP contribution in [0.2, 0.25) is 5.02 Å². The maximum Gasteiger partial charge on any atom is 0.0792 e. The molecule has 0 aliphatic rings. The summed E-state index contributed by atoms with van der Waals surface area (Å²) < 4.78 is 0. The third-order valence-electron chi connectivity index (χ3n) is 1.23. The highest BCUT2D eigenvalue weighted by Crippen LogP contribution is 2.28. The average molecular weight is 172 g/mol. The van der Waals surface area contributed by atoms with Crippen LogP contribution in [0, 0.1) is 11.3 Å². The summed E-state index contributed by atoms with van der Waals surface area (Å²) in [6, 6.07) is 3.95. The Bertz CT molecular complexity index is 261. The molecule has 1 aromatic heterocycles. The molecule has 0 saturated heterocycles. The number of hydrogen-bond donors (Lipinski definition) is 0. The number of thiophene rings is 1. The Morgan fingerprint density at radius 3 is 2.90 bits per heavy atom. The Balaban J connectivity index is 2.96. The summed E-state index contributed by atoms with van der Waals surface area (Å²) in [5.41, 5.74) is 0. The molecule has 0 fully saturated rings. The zero-order valence-electron chi connectivity index (χ0n) is 5.47. The molecule has 0 aliphatic carbocycles. The molecule has 0 bridgehead atoms. The Morgan fingerprint density at radius 1 is 1.80 bits per heavy atom. The van der Waals surface area contributed by atoms with Gasteiger partial charge in [0.1, 0.15) is 0 Å². The lowest BCUT2D eigenvalue weighted by Gasteiger charge is -1.96. The van der Waals surface area contributed by atoms with E-state index in [0.29, 0.717) is 5.02 Å². The molecule has 52 valence electrons. The maximum absolute atomic E-state index is 8.53. The van der Waals surface area contributed by atoms with Crippen molar-refractivity contribution in [2.75, 3.05) is 0 Å². The molecule has 1 unspecified atom stereocenters. The summed E-state index contributed by atoms with van der Waals surface area (Å²) in [6.45, 7) is 1.84. The van der Waals surface area contributed by atoms with E-state index in [1.165, 1.54) is 11.3 Å². The zero-order chi connectivity index (χ0) is 7.56. The minimum Gasteiger partial charge on any atom is -0.198 e. The van der Waals surface area contributed by atoms with E-state index in [4.69, 9.17) is 16.9 Å². The van der Waals surface area contributed by atoms with Gasteiger partial charge in [-0.2, -0.15) is 5.26 Å². The van der Waals surface area contributed by atoms with Gasteiger partial charge in [-0.05, 0) is 18.4 Å². The van der Waals surface area contributed by atoms with Crippen LogP contribution >= 0.6 is 22.9 Å². The van der Waals surface area contributed by atoms with Crippen molar-refractivity contribution in [3.05, 3.63) is 21.3 Å². The van der Waals surface area contributed by atoms with Crippen LogP contribution < -0.4 is 0 Å². The van der Waals surface area contributed by atoms with Crippen LogP contribution in [-0.2, 0) is 0 Å². The Labute approximate surface area is 68.9 Å². The van der Waals surface area contributed by atoms with Gasteiger partial charge in [0.2, 0.25) is 0 Å². The van der Waals surface area contributed by atoms with Gasteiger partial charge in [-0.1, -0.05) is 11.6 Å². The second-order valence-corrected chi connectivity index (χ2v) is 3.34. The van der Waals surface area contributed by atoms with Gasteiger partial charge >= 0.3 is 0 Å². The molecule has 0 amide bonds. The molecular weight excluding hydrogens is 166 g/mol. The summed E-state index contributed by atoms with van der Waals surface area (Å²) in [6.07, 6.45) is 0. The summed E-state index contributed by atoms with van der Waals surface area (Å²) in [5.74, 6) is -0.0764. The normalized spacial score (nSPS) is 12.5. The highest BCUT2D eigenvalue weighted by Gasteiger charge is 2.08. The van der Waals surface area contributed by atoms with Crippen LogP contribution in [-0.4, -0.2) is 0 Å². The van der Waals surface area contributed by atoms with Crippen LogP contribution in [0.3, 0.4) is 0 Å². The molecule has 0 saturated carbocycles. The van der Waals surface area contributed by atoms with Gasteiger partial charge in [-0.25, -0.2) is 0 Å². The third kappa shape index (κ3) is 1.31. The smallest absolute Gasteiger partial charge is 0.0792 e. The molecule has 1 rings (SSSR count). The second-order valence-electron chi connectivity index (χ2n) is 1.98. The molecule has 1 aromatic rings. The van der Waals surface area contributed by atoms with Gasteiger partial charge in [0, 0.05) is 4.88 Å². The van der Waals surface area contributed by atoms with E-state index in [-0.39, 0.29) is 5.92 Å². The van der Waals surface area contributed by atoms with E-state index in [2.05, 4.69) is 6.07 Å². The lowest BCUT2D eigenvalue weighted by molar-refractivity contribution is 1.01. The lowest BCUT2D eigenvalue weighted by Crippen LogP contribution is -1.83. The lowest BCUT2D eigenvalue weighted by atomic mass is 10.2. The highest BCUT2D eigenvalue weighted by atomic mass is 35.5. The van der Waals surface area contributed by atoms with E-state index in [1.807, 2.05) is 18.4 Å². The number of nitrogens with zero attached hydrogens (tertiary/aromatic N) is 1. The fourth-order valence-electron chi connectivity index (χ4n) is 0.673. The van der Waals surface area contributed by atoms with Gasteiger partial charge in [-0.3, -0.25) is 0 Å². The number of halogens is 1. The van der Waals surface area contributed by atoms with Crippen LogP contribution in [0.15, 0.2) is 11.4 Å². The van der Waals surface area contributed by atoms with Crippen molar-refractivity contribution in [1.82, 2.24) is 0 Å². The zero-order valence-corrected chi connectivity index (χ0v) is 7.04. The van der Waals surface area contributed by atoms with E-state index >= 15 is 0 Å². The van der Waals surface area contributed by atoms with Gasteiger partial charge in [-0.15, -0.1) is 11.3 Å².